The zero-order valence-corrected chi connectivity index (χ0v) is 8.79. The summed E-state index contributed by atoms with van der Waals surface area (Å²) in [5, 5.41) is 0. The monoisotopic (exact) mass is 191 g/mol. The van der Waals surface area contributed by atoms with Crippen LogP contribution < -0.4 is 10.5 Å². The maximum absolute atomic E-state index is 5.50. The van der Waals surface area contributed by atoms with E-state index in [1.54, 1.807) is 7.11 Å². The minimum absolute atomic E-state index is 0.592. The second-order valence-corrected chi connectivity index (χ2v) is 3.05. The number of benzene rings is 1. The lowest BCUT2D eigenvalue weighted by molar-refractivity contribution is 0.415. The molecule has 0 aliphatic heterocycles. The maximum Gasteiger partial charge on any atom is 0.118 e. The van der Waals surface area contributed by atoms with Crippen LogP contribution in [0.25, 0.3) is 5.57 Å². The topological polar surface area (TPSA) is 35.2 Å². The molecule has 0 saturated heterocycles. The second-order valence-electron chi connectivity index (χ2n) is 3.05. The van der Waals surface area contributed by atoms with Gasteiger partial charge in [-0.05, 0) is 29.7 Å². The third kappa shape index (κ3) is 2.60. The van der Waals surface area contributed by atoms with Crippen molar-refractivity contribution in [1.29, 1.82) is 0 Å². The minimum atomic E-state index is 0.592. The number of methoxy groups -OCH3 is 1. The van der Waals surface area contributed by atoms with Gasteiger partial charge >= 0.3 is 0 Å². The fraction of sp³-hybridized carbons (Fsp3) is 0.333. The molecule has 0 aromatic heterocycles. The van der Waals surface area contributed by atoms with Gasteiger partial charge in [-0.3, -0.25) is 0 Å². The summed E-state index contributed by atoms with van der Waals surface area (Å²) in [6.45, 7) is 2.72. The van der Waals surface area contributed by atoms with Gasteiger partial charge in [0, 0.05) is 6.54 Å². The molecule has 2 heteroatoms. The van der Waals surface area contributed by atoms with Gasteiger partial charge in [0.1, 0.15) is 5.75 Å². The van der Waals surface area contributed by atoms with E-state index in [0.29, 0.717) is 6.54 Å². The number of hydrogen-bond donors (Lipinski definition) is 1. The fourth-order valence-corrected chi connectivity index (χ4v) is 1.41. The molecule has 2 nitrogen and oxygen atoms in total. The van der Waals surface area contributed by atoms with Gasteiger partial charge in [-0.1, -0.05) is 25.1 Å². The Bertz CT molecular complexity index is 301. The normalized spacial score (nSPS) is 11.5. The molecule has 0 spiro atoms. The van der Waals surface area contributed by atoms with Crippen molar-refractivity contribution in [3.05, 3.63) is 35.9 Å². The van der Waals surface area contributed by atoms with Crippen molar-refractivity contribution in [2.24, 2.45) is 5.73 Å². The number of ether oxygens (including phenoxy) is 1. The van der Waals surface area contributed by atoms with E-state index in [0.717, 1.165) is 12.2 Å². The Labute approximate surface area is 85.4 Å². The number of rotatable bonds is 4. The molecule has 0 bridgehead atoms. The molecule has 1 aromatic rings. The van der Waals surface area contributed by atoms with E-state index in [9.17, 15) is 0 Å². The van der Waals surface area contributed by atoms with Gasteiger partial charge in [0.05, 0.1) is 7.11 Å². The van der Waals surface area contributed by atoms with Crippen LogP contribution in [0.3, 0.4) is 0 Å². The SMILES string of the molecule is CCC(=CCN)c1ccc(OC)cc1. The summed E-state index contributed by atoms with van der Waals surface area (Å²) in [7, 11) is 1.67. The summed E-state index contributed by atoms with van der Waals surface area (Å²) in [6.07, 6.45) is 3.06. The summed E-state index contributed by atoms with van der Waals surface area (Å²) in [6, 6.07) is 8.05. The predicted octanol–water partition coefficient (Wildman–Crippen LogP) is 2.45. The maximum atomic E-state index is 5.50. The van der Waals surface area contributed by atoms with Crippen LogP contribution in [0.4, 0.5) is 0 Å². The van der Waals surface area contributed by atoms with Gasteiger partial charge in [0.25, 0.3) is 0 Å². The molecular weight excluding hydrogens is 174 g/mol. The van der Waals surface area contributed by atoms with Crippen molar-refractivity contribution < 1.29 is 4.74 Å². The van der Waals surface area contributed by atoms with Crippen LogP contribution in [0.5, 0.6) is 5.75 Å². The summed E-state index contributed by atoms with van der Waals surface area (Å²) in [4.78, 5) is 0. The van der Waals surface area contributed by atoms with Gasteiger partial charge in [0.2, 0.25) is 0 Å². The first-order valence-electron chi connectivity index (χ1n) is 4.85. The average molecular weight is 191 g/mol. The molecule has 1 rings (SSSR count). The molecule has 14 heavy (non-hydrogen) atoms. The Balaban J connectivity index is 2.89. The van der Waals surface area contributed by atoms with Crippen LogP contribution in [0.15, 0.2) is 30.3 Å². The standard InChI is InChI=1S/C12H17NO/c1-3-10(8-9-13)11-4-6-12(14-2)7-5-11/h4-8H,3,9,13H2,1-2H3. The highest BCUT2D eigenvalue weighted by molar-refractivity contribution is 5.65. The van der Waals surface area contributed by atoms with Crippen LogP contribution in [-0.4, -0.2) is 13.7 Å². The van der Waals surface area contributed by atoms with Crippen molar-refractivity contribution >= 4 is 5.57 Å². The van der Waals surface area contributed by atoms with Crippen molar-refractivity contribution in [2.45, 2.75) is 13.3 Å². The van der Waals surface area contributed by atoms with E-state index >= 15 is 0 Å². The van der Waals surface area contributed by atoms with Crippen molar-refractivity contribution in [1.82, 2.24) is 0 Å². The smallest absolute Gasteiger partial charge is 0.118 e. The lowest BCUT2D eigenvalue weighted by atomic mass is 10.0. The van der Waals surface area contributed by atoms with E-state index in [2.05, 4.69) is 25.1 Å². The number of allylic oxidation sites excluding steroid dienone is 1. The fourth-order valence-electron chi connectivity index (χ4n) is 1.41. The third-order valence-electron chi connectivity index (χ3n) is 2.21. The quantitative estimate of drug-likeness (QED) is 0.793. The summed E-state index contributed by atoms with van der Waals surface area (Å²) >= 11 is 0. The molecule has 2 N–H and O–H groups in total. The predicted molar refractivity (Wildman–Crippen MR) is 60.3 cm³/mol. The first-order valence-corrected chi connectivity index (χ1v) is 4.85. The van der Waals surface area contributed by atoms with E-state index in [4.69, 9.17) is 10.5 Å². The van der Waals surface area contributed by atoms with Gasteiger partial charge in [-0.15, -0.1) is 0 Å². The van der Waals surface area contributed by atoms with Crippen LogP contribution in [0.1, 0.15) is 18.9 Å². The van der Waals surface area contributed by atoms with Crippen LogP contribution in [0, 0.1) is 0 Å². The van der Waals surface area contributed by atoms with Crippen LogP contribution >= 0.6 is 0 Å². The van der Waals surface area contributed by atoms with E-state index < -0.39 is 0 Å². The van der Waals surface area contributed by atoms with Gasteiger partial charge in [-0.2, -0.15) is 0 Å². The highest BCUT2D eigenvalue weighted by Crippen LogP contribution is 2.20. The van der Waals surface area contributed by atoms with E-state index in [-0.39, 0.29) is 0 Å². The summed E-state index contributed by atoms with van der Waals surface area (Å²) < 4.78 is 5.10. The molecular formula is C12H17NO. The zero-order chi connectivity index (χ0) is 10.4. The lowest BCUT2D eigenvalue weighted by Crippen LogP contribution is -1.95. The highest BCUT2D eigenvalue weighted by Gasteiger charge is 1.98. The molecule has 0 atom stereocenters. The highest BCUT2D eigenvalue weighted by atomic mass is 16.5. The van der Waals surface area contributed by atoms with Gasteiger partial charge < -0.3 is 10.5 Å². The first-order chi connectivity index (χ1) is 6.81. The molecule has 76 valence electrons. The Kier molecular flexibility index (Phi) is 4.20. The molecule has 0 saturated carbocycles. The molecule has 0 aliphatic carbocycles. The first kappa shape index (κ1) is 10.8. The molecule has 0 amide bonds. The Morgan fingerprint density at radius 2 is 2.00 bits per heavy atom. The van der Waals surface area contributed by atoms with E-state index in [1.165, 1.54) is 11.1 Å². The Morgan fingerprint density at radius 3 is 2.43 bits per heavy atom. The Hall–Kier alpha value is -1.28. The van der Waals surface area contributed by atoms with Crippen molar-refractivity contribution in [3.63, 3.8) is 0 Å². The van der Waals surface area contributed by atoms with E-state index in [1.807, 2.05) is 12.1 Å². The average Bonchev–Trinajstić information content (AvgIpc) is 2.26. The van der Waals surface area contributed by atoms with Crippen molar-refractivity contribution in [2.75, 3.05) is 13.7 Å². The molecule has 1 aromatic carbocycles. The third-order valence-corrected chi connectivity index (χ3v) is 2.21. The second kappa shape index (κ2) is 5.45. The molecule has 0 aliphatic rings. The number of hydrogen-bond acceptors (Lipinski definition) is 2. The summed E-state index contributed by atoms with van der Waals surface area (Å²) in [5.41, 5.74) is 8.01. The molecule has 0 unspecified atom stereocenters. The molecule has 0 radical (unpaired) electrons. The van der Waals surface area contributed by atoms with Gasteiger partial charge in [0.15, 0.2) is 0 Å². The van der Waals surface area contributed by atoms with Crippen LogP contribution in [0.2, 0.25) is 0 Å². The van der Waals surface area contributed by atoms with Crippen molar-refractivity contribution in [3.8, 4) is 5.75 Å². The zero-order valence-electron chi connectivity index (χ0n) is 8.79. The minimum Gasteiger partial charge on any atom is -0.497 e. The van der Waals surface area contributed by atoms with Crippen LogP contribution in [-0.2, 0) is 0 Å². The Morgan fingerprint density at radius 1 is 1.36 bits per heavy atom. The number of nitrogens with two attached hydrogens (primary N) is 1. The lowest BCUT2D eigenvalue weighted by Gasteiger charge is -2.05. The summed E-state index contributed by atoms with van der Waals surface area (Å²) in [5.74, 6) is 0.886. The van der Waals surface area contributed by atoms with Gasteiger partial charge in [-0.25, -0.2) is 0 Å². The molecule has 0 heterocycles. The largest absolute Gasteiger partial charge is 0.497 e. The molecule has 0 fully saturated rings.